The molecule has 0 saturated heterocycles. The van der Waals surface area contributed by atoms with Crippen LogP contribution in [0.25, 0.3) is 33.1 Å². The largest absolute Gasteiger partial charge is 0.497 e. The van der Waals surface area contributed by atoms with Gasteiger partial charge in [0.05, 0.1) is 22.5 Å². The van der Waals surface area contributed by atoms with Crippen LogP contribution < -0.4 is 4.74 Å². The number of ether oxygens (including phenoxy) is 1. The minimum absolute atomic E-state index is 0.199. The normalized spacial score (nSPS) is 11.8. The third-order valence-electron chi connectivity index (χ3n) is 5.24. The van der Waals surface area contributed by atoms with Crippen LogP contribution in [0.1, 0.15) is 0 Å². The highest BCUT2D eigenvalue weighted by Gasteiger charge is 2.24. The molecule has 2 heterocycles. The topological polar surface area (TPSA) is 61.2 Å². The number of benzene rings is 3. The number of pyridine rings is 1. The van der Waals surface area contributed by atoms with Gasteiger partial charge in [-0.3, -0.25) is 0 Å². The van der Waals surface area contributed by atoms with Crippen molar-refractivity contribution in [3.05, 3.63) is 90.1 Å². The summed E-state index contributed by atoms with van der Waals surface area (Å²) in [5, 5.41) is 1.88. The number of rotatable bonds is 4. The van der Waals surface area contributed by atoms with Crippen LogP contribution in [0, 0.1) is 0 Å². The number of fused-ring (bicyclic) bond motifs is 3. The van der Waals surface area contributed by atoms with Crippen LogP contribution in [-0.4, -0.2) is 24.5 Å². The van der Waals surface area contributed by atoms with E-state index in [4.69, 9.17) is 16.3 Å². The zero-order valence-electron chi connectivity index (χ0n) is 16.5. The molecule has 0 spiro atoms. The maximum absolute atomic E-state index is 13.5. The molecular weight excluding hydrogens is 432 g/mol. The van der Waals surface area contributed by atoms with Gasteiger partial charge in [0.15, 0.2) is 5.65 Å². The van der Waals surface area contributed by atoms with Crippen molar-refractivity contribution in [1.29, 1.82) is 0 Å². The smallest absolute Gasteiger partial charge is 0.269 e. The molecule has 7 heteroatoms. The van der Waals surface area contributed by atoms with Gasteiger partial charge in [-0.25, -0.2) is 17.4 Å². The summed E-state index contributed by atoms with van der Waals surface area (Å²) in [5.74, 6) is 0.770. The Bertz CT molecular complexity index is 1530. The van der Waals surface area contributed by atoms with E-state index in [1.54, 1.807) is 43.5 Å². The molecule has 154 valence electrons. The molecule has 0 amide bonds. The van der Waals surface area contributed by atoms with Gasteiger partial charge in [0.1, 0.15) is 5.75 Å². The molecule has 0 radical (unpaired) electrons. The molecule has 2 aromatic heterocycles. The van der Waals surface area contributed by atoms with Crippen LogP contribution in [-0.2, 0) is 10.0 Å². The van der Waals surface area contributed by atoms with Gasteiger partial charge in [-0.05, 0) is 53.6 Å². The van der Waals surface area contributed by atoms with E-state index in [1.807, 2.05) is 42.5 Å². The second-order valence-corrected chi connectivity index (χ2v) is 9.29. The first kappa shape index (κ1) is 19.6. The van der Waals surface area contributed by atoms with Crippen molar-refractivity contribution in [3.8, 4) is 16.9 Å². The molecule has 3 aromatic carbocycles. The summed E-state index contributed by atoms with van der Waals surface area (Å²) >= 11 is 6.21. The van der Waals surface area contributed by atoms with Gasteiger partial charge in [-0.2, -0.15) is 0 Å². The Morgan fingerprint density at radius 2 is 1.58 bits per heavy atom. The maximum atomic E-state index is 13.5. The summed E-state index contributed by atoms with van der Waals surface area (Å²) in [4.78, 5) is 4.57. The fourth-order valence-corrected chi connectivity index (χ4v) is 5.40. The van der Waals surface area contributed by atoms with E-state index in [1.165, 1.54) is 10.2 Å². The molecule has 5 rings (SSSR count). The lowest BCUT2D eigenvalue weighted by molar-refractivity contribution is 0.415. The molecule has 5 aromatic rings. The Balaban J connectivity index is 1.80. The summed E-state index contributed by atoms with van der Waals surface area (Å²) in [6, 6.07) is 23.5. The maximum Gasteiger partial charge on any atom is 0.269 e. The molecular formula is C24H17ClN2O3S. The fraction of sp³-hybridized carbons (Fsp3) is 0.0417. The van der Waals surface area contributed by atoms with E-state index in [0.717, 1.165) is 22.3 Å². The van der Waals surface area contributed by atoms with Gasteiger partial charge in [-0.1, -0.05) is 48.0 Å². The first-order valence-corrected chi connectivity index (χ1v) is 11.4. The molecule has 0 fully saturated rings. The number of nitrogens with zero attached hydrogens (tertiary/aromatic N) is 2. The number of methoxy groups -OCH3 is 1. The summed E-state index contributed by atoms with van der Waals surface area (Å²) in [7, 11) is -2.23. The van der Waals surface area contributed by atoms with Crippen molar-refractivity contribution in [1.82, 2.24) is 8.96 Å². The molecule has 0 atom stereocenters. The summed E-state index contributed by atoms with van der Waals surface area (Å²) in [5.41, 5.74) is 2.83. The predicted molar refractivity (Wildman–Crippen MR) is 123 cm³/mol. The Hall–Kier alpha value is -3.35. The van der Waals surface area contributed by atoms with Crippen LogP contribution in [0.3, 0.4) is 0 Å². The highest BCUT2D eigenvalue weighted by molar-refractivity contribution is 7.90. The van der Waals surface area contributed by atoms with E-state index >= 15 is 0 Å². The summed E-state index contributed by atoms with van der Waals surface area (Å²) < 4.78 is 33.5. The highest BCUT2D eigenvalue weighted by Crippen LogP contribution is 2.35. The first-order chi connectivity index (χ1) is 15.0. The third kappa shape index (κ3) is 3.24. The van der Waals surface area contributed by atoms with Crippen LogP contribution in [0.15, 0.2) is 90.0 Å². The molecule has 0 N–H and O–H groups in total. The molecule has 0 aliphatic heterocycles. The van der Waals surface area contributed by atoms with E-state index < -0.39 is 10.0 Å². The summed E-state index contributed by atoms with van der Waals surface area (Å²) in [6.45, 7) is 0. The average Bonchev–Trinajstić information content (AvgIpc) is 3.13. The van der Waals surface area contributed by atoms with Gasteiger partial charge in [0.25, 0.3) is 10.0 Å². The van der Waals surface area contributed by atoms with Crippen molar-refractivity contribution in [2.24, 2.45) is 0 Å². The van der Waals surface area contributed by atoms with Crippen LogP contribution in [0.4, 0.5) is 0 Å². The molecule has 0 saturated carbocycles. The minimum atomic E-state index is -3.85. The quantitative estimate of drug-likeness (QED) is 0.351. The average molecular weight is 449 g/mol. The van der Waals surface area contributed by atoms with Crippen LogP contribution >= 0.6 is 11.6 Å². The standard InChI is InChI=1S/C24H17ClN2O3S/c1-30-19-10-7-16(8-11-19)17-9-12-23-21(13-17)22-14-18(25)15-26-24(22)27(23)31(28,29)20-5-3-2-4-6-20/h2-15H,1H3. The number of hydrogen-bond acceptors (Lipinski definition) is 4. The molecule has 0 aliphatic rings. The van der Waals surface area contributed by atoms with Gasteiger partial charge in [0, 0.05) is 17.0 Å². The van der Waals surface area contributed by atoms with Gasteiger partial charge in [0.2, 0.25) is 0 Å². The molecule has 0 aliphatic carbocycles. The Kier molecular flexibility index (Phi) is 4.68. The lowest BCUT2D eigenvalue weighted by atomic mass is 10.0. The monoisotopic (exact) mass is 448 g/mol. The Morgan fingerprint density at radius 1 is 0.871 bits per heavy atom. The van der Waals surface area contributed by atoms with Crippen LogP contribution in [0.5, 0.6) is 5.75 Å². The Labute approximate surface area is 184 Å². The SMILES string of the molecule is COc1ccc(-c2ccc3c(c2)c2cc(Cl)cnc2n3S(=O)(=O)c2ccccc2)cc1. The summed E-state index contributed by atoms with van der Waals surface area (Å²) in [6.07, 6.45) is 1.46. The van der Waals surface area contributed by atoms with Crippen molar-refractivity contribution < 1.29 is 13.2 Å². The van der Waals surface area contributed by atoms with Gasteiger partial charge >= 0.3 is 0 Å². The minimum Gasteiger partial charge on any atom is -0.497 e. The highest BCUT2D eigenvalue weighted by atomic mass is 35.5. The fourth-order valence-electron chi connectivity index (χ4n) is 3.74. The van der Waals surface area contributed by atoms with Gasteiger partial charge in [-0.15, -0.1) is 0 Å². The second kappa shape index (κ2) is 7.41. The zero-order valence-corrected chi connectivity index (χ0v) is 18.1. The molecule has 0 bridgehead atoms. The first-order valence-electron chi connectivity index (χ1n) is 9.54. The molecule has 31 heavy (non-hydrogen) atoms. The van der Waals surface area contributed by atoms with E-state index in [2.05, 4.69) is 4.98 Å². The lowest BCUT2D eigenvalue weighted by Crippen LogP contribution is -2.13. The van der Waals surface area contributed by atoms with Crippen molar-refractivity contribution in [2.45, 2.75) is 4.90 Å². The second-order valence-electron chi connectivity index (χ2n) is 7.07. The van der Waals surface area contributed by atoms with Crippen LogP contribution in [0.2, 0.25) is 5.02 Å². The lowest BCUT2D eigenvalue weighted by Gasteiger charge is -2.09. The van der Waals surface area contributed by atoms with Gasteiger partial charge < -0.3 is 4.74 Å². The number of hydrogen-bond donors (Lipinski definition) is 0. The van der Waals surface area contributed by atoms with E-state index in [9.17, 15) is 8.42 Å². The Morgan fingerprint density at radius 3 is 2.29 bits per heavy atom. The third-order valence-corrected chi connectivity index (χ3v) is 7.16. The molecule has 0 unspecified atom stereocenters. The predicted octanol–water partition coefficient (Wildman–Crippen LogP) is 5.76. The van der Waals surface area contributed by atoms with Crippen molar-refractivity contribution in [2.75, 3.05) is 7.11 Å². The zero-order chi connectivity index (χ0) is 21.6. The number of aromatic nitrogens is 2. The molecule has 5 nitrogen and oxygen atoms in total. The van der Waals surface area contributed by atoms with Crippen molar-refractivity contribution >= 4 is 43.6 Å². The van der Waals surface area contributed by atoms with E-state index in [-0.39, 0.29) is 4.90 Å². The number of halogens is 1. The van der Waals surface area contributed by atoms with Crippen molar-refractivity contribution in [3.63, 3.8) is 0 Å². The van der Waals surface area contributed by atoms with E-state index in [0.29, 0.717) is 21.6 Å².